The Morgan fingerprint density at radius 2 is 2.10 bits per heavy atom. The fourth-order valence-corrected chi connectivity index (χ4v) is 2.97. The normalized spacial score (nSPS) is 14.6. The van der Waals surface area contributed by atoms with Gasteiger partial charge < -0.3 is 21.1 Å². The van der Waals surface area contributed by atoms with Gasteiger partial charge >= 0.3 is 0 Å². The first-order valence-electron chi connectivity index (χ1n) is 9.69. The standard InChI is InChI=1S/C20H23BN6O2/c1-12(11-28)24-17-8-18(27-19(26-17)16(21)10-23-27)22-9-13-2-6-15(7-3-13)25-20(29)14-4-5-14/h2-3,6-8,10,12,14,22,28H,4-5,9,11H2,1H3,(H,24,26)(H,25,29)/t12-/m0/s1. The molecule has 1 amide bonds. The minimum absolute atomic E-state index is 0.00595. The maximum Gasteiger partial charge on any atom is 0.227 e. The first-order valence-corrected chi connectivity index (χ1v) is 9.69. The Morgan fingerprint density at radius 3 is 2.79 bits per heavy atom. The summed E-state index contributed by atoms with van der Waals surface area (Å²) in [6.07, 6.45) is 3.53. The molecule has 1 atom stereocenters. The van der Waals surface area contributed by atoms with E-state index < -0.39 is 0 Å². The van der Waals surface area contributed by atoms with Crippen LogP contribution in [0.2, 0.25) is 0 Å². The van der Waals surface area contributed by atoms with Crippen molar-refractivity contribution >= 4 is 42.2 Å². The highest BCUT2D eigenvalue weighted by Crippen LogP contribution is 2.30. The van der Waals surface area contributed by atoms with Crippen LogP contribution in [0, 0.1) is 5.92 Å². The molecule has 0 bridgehead atoms. The zero-order valence-corrected chi connectivity index (χ0v) is 16.2. The molecular weight excluding hydrogens is 367 g/mol. The number of fused-ring (bicyclic) bond motifs is 1. The molecule has 3 aromatic rings. The lowest BCUT2D eigenvalue weighted by molar-refractivity contribution is -0.117. The van der Waals surface area contributed by atoms with Crippen LogP contribution in [0.15, 0.2) is 36.5 Å². The van der Waals surface area contributed by atoms with E-state index in [-0.39, 0.29) is 24.5 Å². The number of nitrogens with zero attached hydrogens (tertiary/aromatic N) is 3. The number of hydrogen-bond donors (Lipinski definition) is 4. The zero-order chi connectivity index (χ0) is 20.4. The van der Waals surface area contributed by atoms with Crippen molar-refractivity contribution in [1.29, 1.82) is 0 Å². The van der Waals surface area contributed by atoms with Crippen LogP contribution >= 0.6 is 0 Å². The number of anilines is 3. The Kier molecular flexibility index (Phi) is 5.39. The number of carbonyl (C=O) groups is 1. The Morgan fingerprint density at radius 1 is 1.34 bits per heavy atom. The molecule has 1 fully saturated rings. The average Bonchev–Trinajstić information content (AvgIpc) is 3.51. The lowest BCUT2D eigenvalue weighted by Gasteiger charge is -2.15. The monoisotopic (exact) mass is 390 g/mol. The highest BCUT2D eigenvalue weighted by atomic mass is 16.3. The Hall–Kier alpha value is -3.07. The summed E-state index contributed by atoms with van der Waals surface area (Å²) in [4.78, 5) is 16.3. The third-order valence-electron chi connectivity index (χ3n) is 4.81. The summed E-state index contributed by atoms with van der Waals surface area (Å²) in [5.74, 6) is 1.61. The molecule has 0 spiro atoms. The summed E-state index contributed by atoms with van der Waals surface area (Å²) in [6.45, 7) is 2.42. The van der Waals surface area contributed by atoms with E-state index in [0.717, 1.165) is 29.9 Å². The van der Waals surface area contributed by atoms with Gasteiger partial charge in [-0.1, -0.05) is 12.1 Å². The SMILES string of the molecule is [B]c1cnn2c(NCc3ccc(NC(=O)C4CC4)cc3)cc(N[C@@H](C)CO)nc12. The van der Waals surface area contributed by atoms with Gasteiger partial charge in [0.25, 0.3) is 0 Å². The minimum Gasteiger partial charge on any atom is -0.394 e. The van der Waals surface area contributed by atoms with E-state index in [4.69, 9.17) is 7.85 Å². The van der Waals surface area contributed by atoms with Gasteiger partial charge in [-0.15, -0.1) is 0 Å². The number of nitrogens with one attached hydrogen (secondary N) is 3. The molecule has 9 heteroatoms. The maximum atomic E-state index is 11.9. The largest absolute Gasteiger partial charge is 0.394 e. The maximum absolute atomic E-state index is 11.9. The summed E-state index contributed by atoms with van der Waals surface area (Å²) in [5, 5.41) is 23.0. The van der Waals surface area contributed by atoms with E-state index in [1.165, 1.54) is 0 Å². The van der Waals surface area contributed by atoms with Crippen molar-refractivity contribution in [3.63, 3.8) is 0 Å². The van der Waals surface area contributed by atoms with Crippen molar-refractivity contribution < 1.29 is 9.90 Å². The summed E-state index contributed by atoms with van der Waals surface area (Å²) in [5.41, 5.74) is 2.88. The fraction of sp³-hybridized carbons (Fsp3) is 0.350. The van der Waals surface area contributed by atoms with Gasteiger partial charge in [0.05, 0.1) is 6.61 Å². The molecule has 2 aromatic heterocycles. The number of aromatic nitrogens is 3. The topological polar surface area (TPSA) is 104 Å². The molecule has 0 unspecified atom stereocenters. The van der Waals surface area contributed by atoms with Gasteiger partial charge in [-0.25, -0.2) is 4.98 Å². The number of hydrogen-bond acceptors (Lipinski definition) is 6. The number of carbonyl (C=O) groups excluding carboxylic acids is 1. The molecular formula is C20H23BN6O2. The van der Waals surface area contributed by atoms with Crippen molar-refractivity contribution in [2.45, 2.75) is 32.4 Å². The van der Waals surface area contributed by atoms with Crippen molar-refractivity contribution in [1.82, 2.24) is 14.6 Å². The molecule has 8 nitrogen and oxygen atoms in total. The van der Waals surface area contributed by atoms with Crippen molar-refractivity contribution in [2.24, 2.45) is 5.92 Å². The lowest BCUT2D eigenvalue weighted by Crippen LogP contribution is -2.21. The summed E-state index contributed by atoms with van der Waals surface area (Å²) < 4.78 is 1.65. The van der Waals surface area contributed by atoms with Gasteiger partial charge in [0, 0.05) is 36.5 Å². The third-order valence-corrected chi connectivity index (χ3v) is 4.81. The van der Waals surface area contributed by atoms with Crippen LogP contribution < -0.4 is 21.4 Å². The van der Waals surface area contributed by atoms with Gasteiger partial charge in [-0.3, -0.25) is 4.79 Å². The van der Waals surface area contributed by atoms with E-state index in [2.05, 4.69) is 26.0 Å². The van der Waals surface area contributed by atoms with E-state index in [0.29, 0.717) is 23.5 Å². The number of rotatable bonds is 8. The minimum atomic E-state index is -0.139. The average molecular weight is 390 g/mol. The van der Waals surface area contributed by atoms with Gasteiger partial charge in [-0.2, -0.15) is 9.61 Å². The number of aliphatic hydroxyl groups is 1. The highest BCUT2D eigenvalue weighted by Gasteiger charge is 2.29. The summed E-state index contributed by atoms with van der Waals surface area (Å²) in [6, 6.07) is 9.44. The van der Waals surface area contributed by atoms with Crippen LogP contribution in [0.3, 0.4) is 0 Å². The van der Waals surface area contributed by atoms with Crippen molar-refractivity contribution in [3.05, 3.63) is 42.1 Å². The molecule has 1 aromatic carbocycles. The Balaban J connectivity index is 1.47. The van der Waals surface area contributed by atoms with Crippen molar-refractivity contribution in [3.8, 4) is 0 Å². The predicted octanol–water partition coefficient (Wildman–Crippen LogP) is 1.28. The Bertz CT molecular complexity index is 1020. The molecule has 4 N–H and O–H groups in total. The van der Waals surface area contributed by atoms with Gasteiger partial charge in [-0.05, 0) is 42.9 Å². The molecule has 4 rings (SSSR count). The molecule has 148 valence electrons. The zero-order valence-electron chi connectivity index (χ0n) is 16.2. The summed E-state index contributed by atoms with van der Waals surface area (Å²) in [7, 11) is 5.98. The quantitative estimate of drug-likeness (QED) is 0.432. The molecule has 2 radical (unpaired) electrons. The molecule has 1 aliphatic rings. The molecule has 1 saturated carbocycles. The smallest absolute Gasteiger partial charge is 0.227 e. The molecule has 0 saturated heterocycles. The first-order chi connectivity index (χ1) is 14.0. The second-order valence-corrected chi connectivity index (χ2v) is 7.40. The number of amides is 1. The van der Waals surface area contributed by atoms with Crippen LogP contribution in [0.5, 0.6) is 0 Å². The van der Waals surface area contributed by atoms with Gasteiger partial charge in [0.2, 0.25) is 5.91 Å². The number of aliphatic hydroxyl groups excluding tert-OH is 1. The molecule has 0 aliphatic heterocycles. The van der Waals surface area contributed by atoms with Crippen molar-refractivity contribution in [2.75, 3.05) is 22.6 Å². The van der Waals surface area contributed by atoms with Crippen LogP contribution in [0.1, 0.15) is 25.3 Å². The molecule has 2 heterocycles. The second-order valence-electron chi connectivity index (χ2n) is 7.40. The fourth-order valence-electron chi connectivity index (χ4n) is 2.97. The van der Waals surface area contributed by atoms with Crippen LogP contribution in [-0.2, 0) is 11.3 Å². The molecule has 1 aliphatic carbocycles. The van der Waals surface area contributed by atoms with Crippen LogP contribution in [0.4, 0.5) is 17.3 Å². The lowest BCUT2D eigenvalue weighted by atomic mass is 10.0. The second kappa shape index (κ2) is 8.12. The number of benzene rings is 1. The van der Waals surface area contributed by atoms with E-state index >= 15 is 0 Å². The van der Waals surface area contributed by atoms with Crippen LogP contribution in [-0.4, -0.2) is 46.1 Å². The van der Waals surface area contributed by atoms with Gasteiger partial charge in [0.15, 0.2) is 5.65 Å². The van der Waals surface area contributed by atoms with E-state index in [9.17, 15) is 9.90 Å². The van der Waals surface area contributed by atoms with Crippen LogP contribution in [0.25, 0.3) is 5.65 Å². The van der Waals surface area contributed by atoms with E-state index in [1.807, 2.05) is 37.3 Å². The molecule has 29 heavy (non-hydrogen) atoms. The van der Waals surface area contributed by atoms with Gasteiger partial charge in [0.1, 0.15) is 19.5 Å². The first kappa shape index (κ1) is 19.3. The summed E-state index contributed by atoms with van der Waals surface area (Å²) >= 11 is 0. The van der Waals surface area contributed by atoms with E-state index in [1.54, 1.807) is 10.7 Å². The Labute approximate surface area is 170 Å². The predicted molar refractivity (Wildman–Crippen MR) is 114 cm³/mol. The third kappa shape index (κ3) is 4.51. The highest BCUT2D eigenvalue weighted by molar-refractivity contribution is 6.36.